The SMILES string of the molecule is O=C(c1ccc(N2CCNCC2)cc1Cl)N1CCCCc2ccccc21. The number of amides is 1. The lowest BCUT2D eigenvalue weighted by atomic mass is 10.1. The van der Waals surface area contributed by atoms with Gasteiger partial charge in [-0.2, -0.15) is 0 Å². The predicted molar refractivity (Wildman–Crippen MR) is 108 cm³/mol. The van der Waals surface area contributed by atoms with Crippen LogP contribution in [-0.2, 0) is 6.42 Å². The molecule has 2 aliphatic heterocycles. The average molecular weight is 370 g/mol. The van der Waals surface area contributed by atoms with Crippen molar-refractivity contribution in [3.63, 3.8) is 0 Å². The lowest BCUT2D eigenvalue weighted by Gasteiger charge is -2.30. The number of carbonyl (C=O) groups is 1. The highest BCUT2D eigenvalue weighted by molar-refractivity contribution is 6.34. The van der Waals surface area contributed by atoms with E-state index < -0.39 is 0 Å². The van der Waals surface area contributed by atoms with Crippen LogP contribution in [-0.4, -0.2) is 38.6 Å². The largest absolute Gasteiger partial charge is 0.369 e. The Hall–Kier alpha value is -2.04. The Kier molecular flexibility index (Phi) is 5.14. The molecule has 2 aromatic rings. The molecule has 4 rings (SSSR count). The molecule has 5 heteroatoms. The van der Waals surface area contributed by atoms with Crippen LogP contribution in [0.4, 0.5) is 11.4 Å². The maximum atomic E-state index is 13.2. The molecule has 0 radical (unpaired) electrons. The molecular weight excluding hydrogens is 346 g/mol. The summed E-state index contributed by atoms with van der Waals surface area (Å²) in [7, 11) is 0. The van der Waals surface area contributed by atoms with Crippen molar-refractivity contribution < 1.29 is 4.79 Å². The number of piperazine rings is 1. The van der Waals surface area contributed by atoms with Gasteiger partial charge in [0.2, 0.25) is 0 Å². The third kappa shape index (κ3) is 3.44. The zero-order valence-electron chi connectivity index (χ0n) is 14.9. The number of carbonyl (C=O) groups excluding carboxylic acids is 1. The molecule has 2 aliphatic rings. The summed E-state index contributed by atoms with van der Waals surface area (Å²) in [6.07, 6.45) is 3.14. The number of nitrogens with zero attached hydrogens (tertiary/aromatic N) is 2. The van der Waals surface area contributed by atoms with Crippen LogP contribution in [0.1, 0.15) is 28.8 Å². The first-order valence-corrected chi connectivity index (χ1v) is 9.77. The van der Waals surface area contributed by atoms with Gasteiger partial charge in [-0.15, -0.1) is 0 Å². The van der Waals surface area contributed by atoms with E-state index in [9.17, 15) is 4.79 Å². The lowest BCUT2D eigenvalue weighted by Crippen LogP contribution is -2.43. The summed E-state index contributed by atoms with van der Waals surface area (Å²) in [5.74, 6) is -0.00351. The van der Waals surface area contributed by atoms with Crippen LogP contribution in [0, 0.1) is 0 Å². The van der Waals surface area contributed by atoms with Crippen molar-refractivity contribution in [2.24, 2.45) is 0 Å². The van der Waals surface area contributed by atoms with E-state index in [1.807, 2.05) is 41.3 Å². The van der Waals surface area contributed by atoms with Crippen LogP contribution >= 0.6 is 11.6 Å². The fourth-order valence-electron chi connectivity index (χ4n) is 3.84. The number of anilines is 2. The topological polar surface area (TPSA) is 35.6 Å². The van der Waals surface area contributed by atoms with Gasteiger partial charge in [0, 0.05) is 44.1 Å². The summed E-state index contributed by atoms with van der Waals surface area (Å²) in [5, 5.41) is 3.89. The van der Waals surface area contributed by atoms with Gasteiger partial charge in [-0.1, -0.05) is 29.8 Å². The second kappa shape index (κ2) is 7.68. The Bertz CT molecular complexity index is 802. The highest BCUT2D eigenvalue weighted by Gasteiger charge is 2.24. The summed E-state index contributed by atoms with van der Waals surface area (Å²) >= 11 is 6.54. The third-order valence-corrected chi connectivity index (χ3v) is 5.58. The average Bonchev–Trinajstić information content (AvgIpc) is 2.90. The summed E-state index contributed by atoms with van der Waals surface area (Å²) in [6.45, 7) is 4.61. The number of hydrogen-bond donors (Lipinski definition) is 1. The number of halogens is 1. The molecule has 136 valence electrons. The second-order valence-electron chi connectivity index (χ2n) is 6.94. The van der Waals surface area contributed by atoms with Crippen molar-refractivity contribution in [2.45, 2.75) is 19.3 Å². The van der Waals surface area contributed by atoms with E-state index in [0.29, 0.717) is 10.6 Å². The highest BCUT2D eigenvalue weighted by Crippen LogP contribution is 2.30. The molecule has 1 N–H and O–H groups in total. The molecule has 0 bridgehead atoms. The van der Waals surface area contributed by atoms with Crippen molar-refractivity contribution in [3.8, 4) is 0 Å². The van der Waals surface area contributed by atoms with Gasteiger partial charge >= 0.3 is 0 Å². The molecule has 1 saturated heterocycles. The van der Waals surface area contributed by atoms with E-state index in [2.05, 4.69) is 16.3 Å². The molecule has 0 spiro atoms. The first-order chi connectivity index (χ1) is 12.7. The molecule has 1 amide bonds. The number of rotatable bonds is 2. The van der Waals surface area contributed by atoms with Gasteiger partial charge in [0.05, 0.1) is 10.6 Å². The fraction of sp³-hybridized carbons (Fsp3) is 0.381. The zero-order valence-corrected chi connectivity index (χ0v) is 15.6. The molecular formula is C21H24ClN3O. The molecule has 0 unspecified atom stereocenters. The Morgan fingerprint density at radius 2 is 1.81 bits per heavy atom. The number of para-hydroxylation sites is 1. The van der Waals surface area contributed by atoms with Crippen LogP contribution in [0.15, 0.2) is 42.5 Å². The fourth-order valence-corrected chi connectivity index (χ4v) is 4.10. The predicted octanol–water partition coefficient (Wildman–Crippen LogP) is 3.73. The highest BCUT2D eigenvalue weighted by atomic mass is 35.5. The maximum absolute atomic E-state index is 13.2. The molecule has 2 aromatic carbocycles. The first kappa shape index (κ1) is 17.4. The first-order valence-electron chi connectivity index (χ1n) is 9.39. The van der Waals surface area contributed by atoms with Crippen LogP contribution in [0.2, 0.25) is 5.02 Å². The summed E-state index contributed by atoms with van der Waals surface area (Å²) < 4.78 is 0. The molecule has 0 saturated carbocycles. The maximum Gasteiger partial charge on any atom is 0.259 e. The van der Waals surface area contributed by atoms with E-state index in [-0.39, 0.29) is 5.91 Å². The van der Waals surface area contributed by atoms with Gasteiger partial charge in [-0.3, -0.25) is 4.79 Å². The smallest absolute Gasteiger partial charge is 0.259 e. The monoisotopic (exact) mass is 369 g/mol. The van der Waals surface area contributed by atoms with Crippen LogP contribution in [0.5, 0.6) is 0 Å². The Labute approximate surface area is 159 Å². The van der Waals surface area contributed by atoms with Gasteiger partial charge in [0.15, 0.2) is 0 Å². The number of fused-ring (bicyclic) bond motifs is 1. The molecule has 26 heavy (non-hydrogen) atoms. The van der Waals surface area contributed by atoms with Crippen LogP contribution in [0.3, 0.4) is 0 Å². The minimum atomic E-state index is -0.00351. The van der Waals surface area contributed by atoms with Gasteiger partial charge in [-0.05, 0) is 49.1 Å². The number of nitrogens with one attached hydrogen (secondary N) is 1. The molecule has 0 aromatic heterocycles. The van der Waals surface area contributed by atoms with E-state index in [4.69, 9.17) is 11.6 Å². The van der Waals surface area contributed by atoms with Crippen molar-refractivity contribution in [1.29, 1.82) is 0 Å². The van der Waals surface area contributed by atoms with Crippen LogP contribution in [0.25, 0.3) is 0 Å². The molecule has 4 nitrogen and oxygen atoms in total. The second-order valence-corrected chi connectivity index (χ2v) is 7.35. The standard InChI is InChI=1S/C21H24ClN3O/c22-19-15-17(24-13-10-23-11-14-24)8-9-18(19)21(26)25-12-4-3-6-16-5-1-2-7-20(16)25/h1-2,5,7-9,15,23H,3-4,6,10-14H2. The summed E-state index contributed by atoms with van der Waals surface area (Å²) in [6, 6.07) is 14.0. The van der Waals surface area contributed by atoms with E-state index >= 15 is 0 Å². The minimum Gasteiger partial charge on any atom is -0.369 e. The molecule has 2 heterocycles. The van der Waals surface area contributed by atoms with Gasteiger partial charge < -0.3 is 15.1 Å². The Morgan fingerprint density at radius 3 is 2.62 bits per heavy atom. The molecule has 1 fully saturated rings. The van der Waals surface area contributed by atoms with Crippen molar-refractivity contribution in [1.82, 2.24) is 5.32 Å². The summed E-state index contributed by atoms with van der Waals surface area (Å²) in [4.78, 5) is 17.4. The van der Waals surface area contributed by atoms with E-state index in [1.165, 1.54) is 5.56 Å². The normalized spacial score (nSPS) is 17.6. The number of benzene rings is 2. The zero-order chi connectivity index (χ0) is 17.9. The molecule has 0 atom stereocenters. The van der Waals surface area contributed by atoms with Crippen molar-refractivity contribution in [2.75, 3.05) is 42.5 Å². The lowest BCUT2D eigenvalue weighted by molar-refractivity contribution is 0.0987. The summed E-state index contributed by atoms with van der Waals surface area (Å²) in [5.41, 5.74) is 3.94. The van der Waals surface area contributed by atoms with Gasteiger partial charge in [0.25, 0.3) is 5.91 Å². The van der Waals surface area contributed by atoms with Gasteiger partial charge in [-0.25, -0.2) is 0 Å². The number of aryl methyl sites for hydroxylation is 1. The van der Waals surface area contributed by atoms with Gasteiger partial charge in [0.1, 0.15) is 0 Å². The number of hydrogen-bond acceptors (Lipinski definition) is 3. The van der Waals surface area contributed by atoms with Crippen molar-refractivity contribution in [3.05, 3.63) is 58.6 Å². The van der Waals surface area contributed by atoms with E-state index in [0.717, 1.165) is 63.4 Å². The molecule has 0 aliphatic carbocycles. The van der Waals surface area contributed by atoms with Crippen molar-refractivity contribution >= 4 is 28.9 Å². The van der Waals surface area contributed by atoms with E-state index in [1.54, 1.807) is 0 Å². The van der Waals surface area contributed by atoms with Crippen LogP contribution < -0.4 is 15.1 Å². The quantitative estimate of drug-likeness (QED) is 0.876. The minimum absolute atomic E-state index is 0.00351. The Morgan fingerprint density at radius 1 is 1.00 bits per heavy atom. The third-order valence-electron chi connectivity index (χ3n) is 5.27. The Balaban J connectivity index is 1.62.